The molecule has 2 heterocycles. The van der Waals surface area contributed by atoms with E-state index in [4.69, 9.17) is 0 Å². The molecule has 4 heteroatoms. The van der Waals surface area contributed by atoms with Crippen molar-refractivity contribution >= 4 is 11.8 Å². The van der Waals surface area contributed by atoms with Gasteiger partial charge in [0.15, 0.2) is 0 Å². The lowest BCUT2D eigenvalue weighted by atomic mass is 10.2. The highest BCUT2D eigenvalue weighted by Gasteiger charge is 2.22. The van der Waals surface area contributed by atoms with Crippen LogP contribution < -0.4 is 5.56 Å². The van der Waals surface area contributed by atoms with Gasteiger partial charge >= 0.3 is 0 Å². The average molecular weight is 182 g/mol. The van der Waals surface area contributed by atoms with Gasteiger partial charge < -0.3 is 4.98 Å². The Labute approximate surface area is 74.6 Å². The van der Waals surface area contributed by atoms with Crippen LogP contribution in [0.2, 0.25) is 0 Å². The molecule has 64 valence electrons. The maximum Gasteiger partial charge on any atom is 0.264 e. The monoisotopic (exact) mass is 182 g/mol. The Balaban J connectivity index is 2.60. The molecule has 2 rings (SSSR count). The van der Waals surface area contributed by atoms with Gasteiger partial charge in [-0.05, 0) is 6.92 Å². The predicted molar refractivity (Wildman–Crippen MR) is 48.6 cm³/mol. The summed E-state index contributed by atoms with van der Waals surface area (Å²) in [5.74, 6) is 0.716. The maximum absolute atomic E-state index is 11.4. The standard InChI is InChI=1S/C8H10N2OS/c1-4-3-6-7(12-4)8(11)10-5(2)9-6/h4H,3H2,1-2H3,(H,9,10,11). The molecule has 1 atom stereocenters. The van der Waals surface area contributed by atoms with Gasteiger partial charge in [0, 0.05) is 11.7 Å². The number of nitrogens with one attached hydrogen (secondary N) is 1. The molecule has 1 aliphatic heterocycles. The Bertz CT molecular complexity index is 372. The minimum Gasteiger partial charge on any atom is -0.310 e. The second-order valence-corrected chi connectivity index (χ2v) is 4.51. The Morgan fingerprint density at radius 2 is 2.42 bits per heavy atom. The summed E-state index contributed by atoms with van der Waals surface area (Å²) in [6.07, 6.45) is 0.921. The van der Waals surface area contributed by atoms with Crippen molar-refractivity contribution in [2.75, 3.05) is 0 Å². The third kappa shape index (κ3) is 1.16. The number of rotatable bonds is 0. The Morgan fingerprint density at radius 3 is 3.17 bits per heavy atom. The molecule has 1 N–H and O–H groups in total. The van der Waals surface area contributed by atoms with Crippen molar-refractivity contribution in [3.63, 3.8) is 0 Å². The van der Waals surface area contributed by atoms with E-state index in [1.165, 1.54) is 0 Å². The molecule has 1 aromatic heterocycles. The second-order valence-electron chi connectivity index (χ2n) is 3.06. The summed E-state index contributed by atoms with van der Waals surface area (Å²) in [6.45, 7) is 3.93. The molecule has 0 saturated carbocycles. The number of fused-ring (bicyclic) bond motifs is 1. The fourth-order valence-corrected chi connectivity index (χ4v) is 2.47. The van der Waals surface area contributed by atoms with Gasteiger partial charge in [-0.3, -0.25) is 4.79 Å². The van der Waals surface area contributed by atoms with Crippen LogP contribution in [0.5, 0.6) is 0 Å². The van der Waals surface area contributed by atoms with E-state index in [-0.39, 0.29) is 5.56 Å². The van der Waals surface area contributed by atoms with E-state index in [9.17, 15) is 4.79 Å². The molecular weight excluding hydrogens is 172 g/mol. The zero-order chi connectivity index (χ0) is 8.72. The Kier molecular flexibility index (Phi) is 1.72. The highest BCUT2D eigenvalue weighted by atomic mass is 32.2. The van der Waals surface area contributed by atoms with E-state index >= 15 is 0 Å². The average Bonchev–Trinajstić information content (AvgIpc) is 2.29. The van der Waals surface area contributed by atoms with Crippen molar-refractivity contribution in [2.24, 2.45) is 0 Å². The molecule has 0 radical (unpaired) electrons. The van der Waals surface area contributed by atoms with E-state index in [1.807, 2.05) is 6.92 Å². The minimum absolute atomic E-state index is 0.0202. The molecule has 12 heavy (non-hydrogen) atoms. The quantitative estimate of drug-likeness (QED) is 0.654. The lowest BCUT2D eigenvalue weighted by molar-refractivity contribution is 0.855. The number of nitrogens with zero attached hydrogens (tertiary/aromatic N) is 1. The van der Waals surface area contributed by atoms with Crippen LogP contribution in [0.1, 0.15) is 18.4 Å². The van der Waals surface area contributed by atoms with Crippen molar-refractivity contribution in [3.8, 4) is 0 Å². The first-order valence-corrected chi connectivity index (χ1v) is 4.81. The Morgan fingerprint density at radius 1 is 1.67 bits per heavy atom. The fraction of sp³-hybridized carbons (Fsp3) is 0.500. The molecule has 0 aromatic carbocycles. The molecule has 1 aromatic rings. The van der Waals surface area contributed by atoms with Gasteiger partial charge in [-0.2, -0.15) is 0 Å². The number of aryl methyl sites for hydroxylation is 1. The van der Waals surface area contributed by atoms with Crippen molar-refractivity contribution < 1.29 is 0 Å². The van der Waals surface area contributed by atoms with Gasteiger partial charge in [-0.1, -0.05) is 6.92 Å². The largest absolute Gasteiger partial charge is 0.310 e. The molecule has 0 saturated heterocycles. The van der Waals surface area contributed by atoms with Crippen molar-refractivity contribution in [3.05, 3.63) is 21.9 Å². The summed E-state index contributed by atoms with van der Waals surface area (Å²) < 4.78 is 0. The molecule has 0 spiro atoms. The molecule has 0 fully saturated rings. The first-order chi connectivity index (χ1) is 5.66. The van der Waals surface area contributed by atoms with Gasteiger partial charge in [-0.25, -0.2) is 4.98 Å². The smallest absolute Gasteiger partial charge is 0.264 e. The van der Waals surface area contributed by atoms with Gasteiger partial charge in [0.05, 0.1) is 10.6 Å². The van der Waals surface area contributed by atoms with Gasteiger partial charge in [0.25, 0.3) is 5.56 Å². The molecule has 0 bridgehead atoms. The zero-order valence-electron chi connectivity index (χ0n) is 7.05. The summed E-state index contributed by atoms with van der Waals surface area (Å²) in [6, 6.07) is 0. The highest BCUT2D eigenvalue weighted by molar-refractivity contribution is 8.00. The number of hydrogen-bond acceptors (Lipinski definition) is 3. The van der Waals surface area contributed by atoms with Gasteiger partial charge in [0.2, 0.25) is 0 Å². The van der Waals surface area contributed by atoms with Gasteiger partial charge in [-0.15, -0.1) is 11.8 Å². The van der Waals surface area contributed by atoms with Crippen LogP contribution in [0.15, 0.2) is 9.69 Å². The minimum atomic E-state index is 0.0202. The van der Waals surface area contributed by atoms with E-state index in [0.717, 1.165) is 17.0 Å². The van der Waals surface area contributed by atoms with Crippen LogP contribution in [0.4, 0.5) is 0 Å². The van der Waals surface area contributed by atoms with Crippen LogP contribution in [-0.4, -0.2) is 15.2 Å². The first kappa shape index (κ1) is 7.86. The van der Waals surface area contributed by atoms with Crippen molar-refractivity contribution in [1.29, 1.82) is 0 Å². The third-order valence-corrected chi connectivity index (χ3v) is 3.09. The van der Waals surface area contributed by atoms with Crippen LogP contribution in [0, 0.1) is 6.92 Å². The van der Waals surface area contributed by atoms with Crippen LogP contribution >= 0.6 is 11.8 Å². The normalized spacial score (nSPS) is 21.0. The van der Waals surface area contributed by atoms with E-state index < -0.39 is 0 Å². The zero-order valence-corrected chi connectivity index (χ0v) is 7.86. The second kappa shape index (κ2) is 2.62. The van der Waals surface area contributed by atoms with Crippen molar-refractivity contribution in [2.45, 2.75) is 30.4 Å². The van der Waals surface area contributed by atoms with Crippen LogP contribution in [0.25, 0.3) is 0 Å². The van der Waals surface area contributed by atoms with Gasteiger partial charge in [0.1, 0.15) is 5.82 Å². The van der Waals surface area contributed by atoms with Crippen molar-refractivity contribution in [1.82, 2.24) is 9.97 Å². The predicted octanol–water partition coefficient (Wildman–Crippen LogP) is 1.12. The molecule has 0 aliphatic carbocycles. The number of aromatic nitrogens is 2. The number of aromatic amines is 1. The molecule has 1 aliphatic rings. The van der Waals surface area contributed by atoms with E-state index in [0.29, 0.717) is 11.1 Å². The number of thioether (sulfide) groups is 1. The van der Waals surface area contributed by atoms with E-state index in [2.05, 4.69) is 16.9 Å². The van der Waals surface area contributed by atoms with Crippen LogP contribution in [0.3, 0.4) is 0 Å². The molecular formula is C8H10N2OS. The highest BCUT2D eigenvalue weighted by Crippen LogP contribution is 2.32. The third-order valence-electron chi connectivity index (χ3n) is 1.87. The Hall–Kier alpha value is -0.770. The van der Waals surface area contributed by atoms with Crippen LogP contribution in [-0.2, 0) is 6.42 Å². The molecule has 3 nitrogen and oxygen atoms in total. The molecule has 0 amide bonds. The maximum atomic E-state index is 11.4. The summed E-state index contributed by atoms with van der Waals surface area (Å²) in [5.41, 5.74) is 0.987. The fourth-order valence-electron chi connectivity index (χ4n) is 1.41. The lowest BCUT2D eigenvalue weighted by Crippen LogP contribution is -2.12. The molecule has 1 unspecified atom stereocenters. The van der Waals surface area contributed by atoms with E-state index in [1.54, 1.807) is 11.8 Å². The summed E-state index contributed by atoms with van der Waals surface area (Å²) in [4.78, 5) is 19.2. The SMILES string of the molecule is Cc1nc2c(c(=O)[nH]1)SC(C)C2. The lowest BCUT2D eigenvalue weighted by Gasteiger charge is -1.96. The topological polar surface area (TPSA) is 45.8 Å². The summed E-state index contributed by atoms with van der Waals surface area (Å²) in [5, 5.41) is 0.496. The number of H-pyrrole nitrogens is 1. The summed E-state index contributed by atoms with van der Waals surface area (Å²) >= 11 is 1.62. The summed E-state index contributed by atoms with van der Waals surface area (Å²) in [7, 11) is 0. The number of hydrogen-bond donors (Lipinski definition) is 1. The first-order valence-electron chi connectivity index (χ1n) is 3.93.